The average molecular weight is 499 g/mol. The molecule has 0 aliphatic rings. The predicted molar refractivity (Wildman–Crippen MR) is 130 cm³/mol. The minimum absolute atomic E-state index is 0.128. The van der Waals surface area contributed by atoms with E-state index in [4.69, 9.17) is 4.74 Å². The van der Waals surface area contributed by atoms with Crippen molar-refractivity contribution in [1.29, 1.82) is 0 Å². The number of ether oxygens (including phenoxy) is 1. The van der Waals surface area contributed by atoms with Crippen molar-refractivity contribution in [1.82, 2.24) is 30.4 Å². The Morgan fingerprint density at radius 1 is 1.14 bits per heavy atom. The van der Waals surface area contributed by atoms with Gasteiger partial charge in [0, 0.05) is 24.3 Å². The molecular weight excluding hydrogens is 467 g/mol. The van der Waals surface area contributed by atoms with Crippen LogP contribution >= 0.6 is 0 Å². The minimum atomic E-state index is -0.964. The van der Waals surface area contributed by atoms with E-state index >= 15 is 0 Å². The van der Waals surface area contributed by atoms with E-state index in [1.807, 2.05) is 20.8 Å². The van der Waals surface area contributed by atoms with Crippen LogP contribution in [-0.4, -0.2) is 67.8 Å². The summed E-state index contributed by atoms with van der Waals surface area (Å²) in [5.41, 5.74) is 0.598. The van der Waals surface area contributed by atoms with Crippen LogP contribution < -0.4 is 10.1 Å². The van der Waals surface area contributed by atoms with E-state index in [9.17, 15) is 19.1 Å². The molecule has 0 saturated heterocycles. The first-order chi connectivity index (χ1) is 17.1. The Balaban J connectivity index is 1.91. The summed E-state index contributed by atoms with van der Waals surface area (Å²) in [6.45, 7) is 5.25. The van der Waals surface area contributed by atoms with Crippen LogP contribution in [0, 0.1) is 5.82 Å². The van der Waals surface area contributed by atoms with E-state index in [1.54, 1.807) is 31.4 Å². The quantitative estimate of drug-likeness (QED) is 0.440. The highest BCUT2D eigenvalue weighted by molar-refractivity contribution is 5.89. The second kappa shape index (κ2) is 11.7. The zero-order valence-corrected chi connectivity index (χ0v) is 20.8. The number of aliphatic hydroxyl groups excluding tert-OH is 1. The number of aliphatic hydroxyl groups is 1. The van der Waals surface area contributed by atoms with Crippen LogP contribution in [0.25, 0.3) is 11.4 Å². The molecule has 0 saturated carbocycles. The summed E-state index contributed by atoms with van der Waals surface area (Å²) in [5, 5.41) is 24.5. The van der Waals surface area contributed by atoms with Gasteiger partial charge in [0.2, 0.25) is 17.6 Å². The molecule has 0 fully saturated rings. The molecule has 10 nitrogen and oxygen atoms in total. The number of hydrogen-bond donors (Lipinski definition) is 2. The van der Waals surface area contributed by atoms with Crippen LogP contribution in [0.2, 0.25) is 0 Å². The molecule has 0 spiro atoms. The maximum Gasteiger partial charge on any atom is 0.247 e. The Kier molecular flexibility index (Phi) is 8.70. The largest absolute Gasteiger partial charge is 0.497 e. The van der Waals surface area contributed by atoms with Gasteiger partial charge in [-0.3, -0.25) is 9.59 Å². The molecule has 3 rings (SSSR count). The summed E-state index contributed by atoms with van der Waals surface area (Å²) in [6.07, 6.45) is 0.271. The molecule has 2 N–H and O–H groups in total. The molecule has 0 unspecified atom stereocenters. The summed E-state index contributed by atoms with van der Waals surface area (Å²) in [5.74, 6) is -0.336. The number of aromatic nitrogens is 4. The zero-order chi connectivity index (χ0) is 26.3. The number of nitrogens with one attached hydrogen (secondary N) is 1. The molecule has 1 atom stereocenters. The first kappa shape index (κ1) is 26.7. The number of carbonyl (C=O) groups excluding carboxylic acids is 2. The Morgan fingerprint density at radius 2 is 1.81 bits per heavy atom. The SMILES string of the molecule is COc1ccc([C@@H](C(=O)NC(C)(C)C)N(CCCO)C(=O)Cn2nnc(-c3ccc(F)cc3)n2)cc1. The van der Waals surface area contributed by atoms with Gasteiger partial charge in [0.25, 0.3) is 0 Å². The molecule has 0 aliphatic carbocycles. The molecular formula is C25H31FN6O4. The van der Waals surface area contributed by atoms with E-state index in [-0.39, 0.29) is 43.7 Å². The lowest BCUT2D eigenvalue weighted by atomic mass is 10.0. The van der Waals surface area contributed by atoms with Crippen LogP contribution in [0.4, 0.5) is 4.39 Å². The molecule has 11 heteroatoms. The molecule has 36 heavy (non-hydrogen) atoms. The van der Waals surface area contributed by atoms with Crippen LogP contribution in [-0.2, 0) is 16.1 Å². The number of amides is 2. The zero-order valence-electron chi connectivity index (χ0n) is 20.8. The topological polar surface area (TPSA) is 122 Å². The van der Waals surface area contributed by atoms with Crippen LogP contribution in [0.3, 0.4) is 0 Å². The van der Waals surface area contributed by atoms with Gasteiger partial charge in [0.1, 0.15) is 24.2 Å². The summed E-state index contributed by atoms with van der Waals surface area (Å²) in [7, 11) is 1.54. The Labute approximate surface area is 209 Å². The second-order valence-electron chi connectivity index (χ2n) is 9.23. The lowest BCUT2D eigenvalue weighted by Crippen LogP contribution is -2.50. The highest BCUT2D eigenvalue weighted by atomic mass is 19.1. The maximum atomic E-state index is 13.5. The lowest BCUT2D eigenvalue weighted by Gasteiger charge is -2.33. The van der Waals surface area contributed by atoms with Crippen molar-refractivity contribution < 1.29 is 23.8 Å². The van der Waals surface area contributed by atoms with Gasteiger partial charge in [-0.25, -0.2) is 4.39 Å². The van der Waals surface area contributed by atoms with Gasteiger partial charge >= 0.3 is 0 Å². The summed E-state index contributed by atoms with van der Waals surface area (Å²) >= 11 is 0. The lowest BCUT2D eigenvalue weighted by molar-refractivity contribution is -0.142. The number of tetrazole rings is 1. The Hall–Kier alpha value is -3.86. The predicted octanol–water partition coefficient (Wildman–Crippen LogP) is 2.35. The van der Waals surface area contributed by atoms with Crippen molar-refractivity contribution in [2.45, 2.75) is 45.3 Å². The van der Waals surface area contributed by atoms with Crippen molar-refractivity contribution in [3.8, 4) is 17.1 Å². The van der Waals surface area contributed by atoms with Gasteiger partial charge < -0.3 is 20.1 Å². The van der Waals surface area contributed by atoms with Gasteiger partial charge in [-0.1, -0.05) is 12.1 Å². The number of nitrogens with zero attached hydrogens (tertiary/aromatic N) is 5. The Morgan fingerprint density at radius 3 is 2.39 bits per heavy atom. The summed E-state index contributed by atoms with van der Waals surface area (Å²) < 4.78 is 18.5. The molecule has 0 bridgehead atoms. The van der Waals surface area contributed by atoms with Crippen LogP contribution in [0.15, 0.2) is 48.5 Å². The standard InChI is InChI=1S/C25H31FN6O4/c1-25(2,3)27-24(35)22(17-8-12-20(36-4)13-9-17)31(14-5-15-33)21(34)16-32-29-23(28-30-32)18-6-10-19(26)11-7-18/h6-13,22,33H,5,14-16H2,1-4H3,(H,27,35)/t22-/m0/s1. The number of rotatable bonds is 10. The maximum absolute atomic E-state index is 13.5. The highest BCUT2D eigenvalue weighted by Crippen LogP contribution is 2.25. The van der Waals surface area contributed by atoms with Gasteiger partial charge in [-0.05, 0) is 74.4 Å². The van der Waals surface area contributed by atoms with Crippen LogP contribution in [0.5, 0.6) is 5.75 Å². The third-order valence-electron chi connectivity index (χ3n) is 5.20. The van der Waals surface area contributed by atoms with Gasteiger partial charge in [0.15, 0.2) is 0 Å². The van der Waals surface area contributed by atoms with E-state index in [2.05, 4.69) is 20.7 Å². The van der Waals surface area contributed by atoms with Gasteiger partial charge in [-0.15, -0.1) is 10.2 Å². The summed E-state index contributed by atoms with van der Waals surface area (Å²) in [6, 6.07) is 11.5. The second-order valence-corrected chi connectivity index (χ2v) is 9.23. The molecule has 192 valence electrons. The first-order valence-corrected chi connectivity index (χ1v) is 11.5. The van der Waals surface area contributed by atoms with E-state index in [0.29, 0.717) is 16.9 Å². The number of hydrogen-bond acceptors (Lipinski definition) is 7. The number of methoxy groups -OCH3 is 1. The molecule has 1 aromatic heterocycles. The molecule has 2 aromatic carbocycles. The van der Waals surface area contributed by atoms with Crippen molar-refractivity contribution in [3.63, 3.8) is 0 Å². The summed E-state index contributed by atoms with van der Waals surface area (Å²) in [4.78, 5) is 29.4. The van der Waals surface area contributed by atoms with E-state index in [0.717, 1.165) is 4.80 Å². The smallest absolute Gasteiger partial charge is 0.247 e. The fourth-order valence-corrected chi connectivity index (χ4v) is 3.57. The van der Waals surface area contributed by atoms with Crippen LogP contribution in [0.1, 0.15) is 38.8 Å². The normalized spacial score (nSPS) is 12.2. The van der Waals surface area contributed by atoms with E-state index in [1.165, 1.54) is 29.2 Å². The molecule has 0 radical (unpaired) electrons. The van der Waals surface area contributed by atoms with E-state index < -0.39 is 17.5 Å². The first-order valence-electron chi connectivity index (χ1n) is 11.5. The van der Waals surface area contributed by atoms with Crippen molar-refractivity contribution in [2.75, 3.05) is 20.3 Å². The molecule has 2 amide bonds. The fraction of sp³-hybridized carbons (Fsp3) is 0.400. The minimum Gasteiger partial charge on any atom is -0.497 e. The fourth-order valence-electron chi connectivity index (χ4n) is 3.57. The van der Waals surface area contributed by atoms with Crippen molar-refractivity contribution in [3.05, 3.63) is 59.9 Å². The number of carbonyl (C=O) groups is 2. The Bertz CT molecular complexity index is 1160. The average Bonchev–Trinajstić information content (AvgIpc) is 3.29. The van der Waals surface area contributed by atoms with Crippen molar-refractivity contribution in [2.24, 2.45) is 0 Å². The third kappa shape index (κ3) is 7.08. The monoisotopic (exact) mass is 498 g/mol. The number of benzene rings is 2. The highest BCUT2D eigenvalue weighted by Gasteiger charge is 2.33. The molecule has 1 heterocycles. The molecule has 3 aromatic rings. The molecule has 0 aliphatic heterocycles. The van der Waals surface area contributed by atoms with Gasteiger partial charge in [-0.2, -0.15) is 4.80 Å². The third-order valence-corrected chi connectivity index (χ3v) is 5.20. The van der Waals surface area contributed by atoms with Gasteiger partial charge in [0.05, 0.1) is 7.11 Å². The number of halogens is 1. The van der Waals surface area contributed by atoms with Crippen molar-refractivity contribution >= 4 is 11.8 Å².